The highest BCUT2D eigenvalue weighted by Gasteiger charge is 2.32. The highest BCUT2D eigenvalue weighted by atomic mass is 32.2. The third kappa shape index (κ3) is 3.89. The lowest BCUT2D eigenvalue weighted by molar-refractivity contribution is -0.115. The molecule has 0 unspecified atom stereocenters. The predicted octanol–water partition coefficient (Wildman–Crippen LogP) is 6.14. The average Bonchev–Trinajstić information content (AvgIpc) is 3.16. The Bertz CT molecular complexity index is 1250. The van der Waals surface area contributed by atoms with Crippen LogP contribution in [0.4, 0.5) is 5.82 Å². The summed E-state index contributed by atoms with van der Waals surface area (Å²) < 4.78 is 7.77. The zero-order valence-electron chi connectivity index (χ0n) is 17.9. The van der Waals surface area contributed by atoms with Gasteiger partial charge in [0.1, 0.15) is 17.3 Å². The van der Waals surface area contributed by atoms with E-state index in [4.69, 9.17) is 4.74 Å². The maximum Gasteiger partial charge on any atom is 0.238 e. The smallest absolute Gasteiger partial charge is 0.238 e. The van der Waals surface area contributed by atoms with Gasteiger partial charge in [-0.05, 0) is 55.3 Å². The number of carbonyl (C=O) groups is 1. The molecule has 4 aromatic rings. The van der Waals surface area contributed by atoms with Gasteiger partial charge in [-0.1, -0.05) is 48.5 Å². The molecule has 0 saturated carbocycles. The third-order valence-electron chi connectivity index (χ3n) is 5.54. The van der Waals surface area contributed by atoms with Gasteiger partial charge in [0, 0.05) is 5.56 Å². The van der Waals surface area contributed by atoms with Crippen LogP contribution < -0.4 is 10.1 Å². The number of fused-ring (bicyclic) bond motifs is 1. The number of ether oxygens (including phenoxy) is 1. The van der Waals surface area contributed by atoms with Crippen molar-refractivity contribution in [2.24, 2.45) is 0 Å². The summed E-state index contributed by atoms with van der Waals surface area (Å²) >= 11 is 1.63. The maximum atomic E-state index is 12.8. The van der Waals surface area contributed by atoms with Crippen molar-refractivity contribution in [1.29, 1.82) is 0 Å². The molecule has 5 nitrogen and oxygen atoms in total. The Labute approximate surface area is 191 Å². The van der Waals surface area contributed by atoms with Crippen molar-refractivity contribution in [3.8, 4) is 17.2 Å². The Morgan fingerprint density at radius 2 is 1.62 bits per heavy atom. The van der Waals surface area contributed by atoms with Crippen molar-refractivity contribution in [2.45, 2.75) is 24.3 Å². The maximum absolute atomic E-state index is 12.8. The fraction of sp³-hybridized carbons (Fsp3) is 0.154. The summed E-state index contributed by atoms with van der Waals surface area (Å²) in [5.74, 6) is 2.29. The summed E-state index contributed by atoms with van der Waals surface area (Å²) in [5, 5.41) is 7.53. The number of nitrogens with one attached hydrogen (secondary N) is 1. The Hall–Kier alpha value is -3.51. The number of thioether (sulfide) groups is 1. The number of anilines is 1. The van der Waals surface area contributed by atoms with Crippen LogP contribution in [0.5, 0.6) is 11.5 Å². The molecular weight excluding hydrogens is 418 g/mol. The largest absolute Gasteiger partial charge is 0.457 e. The Kier molecular flexibility index (Phi) is 5.45. The second-order valence-corrected chi connectivity index (χ2v) is 9.23. The van der Waals surface area contributed by atoms with E-state index in [1.165, 1.54) is 0 Å². The van der Waals surface area contributed by atoms with Crippen molar-refractivity contribution in [2.75, 3.05) is 5.32 Å². The first-order valence-corrected chi connectivity index (χ1v) is 11.5. The molecule has 0 fully saturated rings. The van der Waals surface area contributed by atoms with Gasteiger partial charge < -0.3 is 10.1 Å². The lowest BCUT2D eigenvalue weighted by Crippen LogP contribution is -2.22. The van der Waals surface area contributed by atoms with Crippen molar-refractivity contribution in [1.82, 2.24) is 9.78 Å². The number of benzene rings is 3. The van der Waals surface area contributed by atoms with Crippen LogP contribution in [0.1, 0.15) is 28.9 Å². The quantitative estimate of drug-likeness (QED) is 0.413. The Morgan fingerprint density at radius 1 is 0.938 bits per heavy atom. The minimum atomic E-state index is -0.196. The molecule has 6 heteroatoms. The van der Waals surface area contributed by atoms with E-state index in [1.54, 1.807) is 11.8 Å². The minimum absolute atomic E-state index is 0.0156. The first-order valence-electron chi connectivity index (χ1n) is 10.5. The van der Waals surface area contributed by atoms with Gasteiger partial charge in [-0.3, -0.25) is 4.79 Å². The summed E-state index contributed by atoms with van der Waals surface area (Å²) in [5.41, 5.74) is 4.15. The lowest BCUT2D eigenvalue weighted by atomic mass is 10.1. The van der Waals surface area contributed by atoms with E-state index in [2.05, 4.69) is 22.5 Å². The zero-order chi connectivity index (χ0) is 22.1. The van der Waals surface area contributed by atoms with E-state index in [0.717, 1.165) is 39.7 Å². The van der Waals surface area contributed by atoms with Gasteiger partial charge >= 0.3 is 0 Å². The summed E-state index contributed by atoms with van der Waals surface area (Å²) in [4.78, 5) is 12.8. The summed E-state index contributed by atoms with van der Waals surface area (Å²) in [6.07, 6.45) is 1.87. The normalized spacial score (nSPS) is 17.9. The molecule has 1 aliphatic rings. The van der Waals surface area contributed by atoms with Crippen molar-refractivity contribution in [3.05, 3.63) is 102 Å². The van der Waals surface area contributed by atoms with Crippen LogP contribution in [0.3, 0.4) is 0 Å². The number of hydrogen-bond acceptors (Lipinski definition) is 4. The molecule has 3 aromatic carbocycles. The molecule has 5 rings (SSSR count). The van der Waals surface area contributed by atoms with Gasteiger partial charge in [-0.25, -0.2) is 4.68 Å². The van der Waals surface area contributed by atoms with Gasteiger partial charge in [-0.2, -0.15) is 5.10 Å². The number of rotatable bonds is 4. The van der Waals surface area contributed by atoms with Crippen LogP contribution in [-0.2, 0) is 4.79 Å². The molecule has 0 aliphatic carbocycles. The molecular formula is C26H23N3O2S. The van der Waals surface area contributed by atoms with E-state index in [9.17, 15) is 4.79 Å². The van der Waals surface area contributed by atoms with Crippen LogP contribution in [0.25, 0.3) is 5.69 Å². The van der Waals surface area contributed by atoms with Gasteiger partial charge in [0.2, 0.25) is 5.91 Å². The molecule has 0 radical (unpaired) electrons. The number of nitrogens with zero attached hydrogens (tertiary/aromatic N) is 2. The third-order valence-corrected chi connectivity index (χ3v) is 6.96. The van der Waals surface area contributed by atoms with Crippen LogP contribution in [0.15, 0.2) is 85.1 Å². The molecule has 160 valence electrons. The van der Waals surface area contributed by atoms with E-state index >= 15 is 0 Å². The molecule has 2 heterocycles. The summed E-state index contributed by atoms with van der Waals surface area (Å²) in [6.45, 7) is 3.99. The summed E-state index contributed by atoms with van der Waals surface area (Å²) in [7, 11) is 0. The Balaban J connectivity index is 1.51. The molecule has 1 amide bonds. The molecule has 1 aromatic heterocycles. The van der Waals surface area contributed by atoms with Crippen molar-refractivity contribution >= 4 is 23.5 Å². The molecule has 32 heavy (non-hydrogen) atoms. The average molecular weight is 442 g/mol. The highest BCUT2D eigenvalue weighted by molar-refractivity contribution is 8.01. The van der Waals surface area contributed by atoms with E-state index in [0.29, 0.717) is 0 Å². The molecule has 0 spiro atoms. The van der Waals surface area contributed by atoms with Crippen LogP contribution in [-0.4, -0.2) is 20.9 Å². The van der Waals surface area contributed by atoms with Gasteiger partial charge in [-0.15, -0.1) is 11.8 Å². The standard InChI is InChI=1S/C26H23N3O2S/c1-17-8-6-7-11-23(17)29-25-22(16-27-29)24(32-18(2)26(30)28-25)19-12-14-21(15-13-19)31-20-9-4-3-5-10-20/h3-16,18,24H,1-2H3,(H,28,30)/t18-,24+/m0/s1. The second-order valence-electron chi connectivity index (χ2n) is 7.78. The minimum Gasteiger partial charge on any atom is -0.457 e. The van der Waals surface area contributed by atoms with Crippen molar-refractivity contribution in [3.63, 3.8) is 0 Å². The van der Waals surface area contributed by atoms with E-state index in [-0.39, 0.29) is 16.4 Å². The fourth-order valence-corrected chi connectivity index (χ4v) is 5.04. The number of carbonyl (C=O) groups excluding carboxylic acids is 1. The number of hydrogen-bond donors (Lipinski definition) is 1. The predicted molar refractivity (Wildman–Crippen MR) is 129 cm³/mol. The van der Waals surface area contributed by atoms with E-state index < -0.39 is 0 Å². The Morgan fingerprint density at radius 3 is 2.38 bits per heavy atom. The number of aromatic nitrogens is 2. The highest BCUT2D eigenvalue weighted by Crippen LogP contribution is 2.45. The molecule has 2 atom stereocenters. The van der Waals surface area contributed by atoms with Gasteiger partial charge in [0.05, 0.1) is 22.4 Å². The molecule has 1 N–H and O–H groups in total. The van der Waals surface area contributed by atoms with Gasteiger partial charge in [0.25, 0.3) is 0 Å². The fourth-order valence-electron chi connectivity index (χ4n) is 3.81. The second kappa shape index (κ2) is 8.55. The SMILES string of the molecule is Cc1ccccc1-n1ncc2c1NC(=O)[C@H](C)S[C@@H]2c1ccc(Oc2ccccc2)cc1. The van der Waals surface area contributed by atoms with Crippen molar-refractivity contribution < 1.29 is 9.53 Å². The van der Waals surface area contributed by atoms with Crippen LogP contribution in [0.2, 0.25) is 0 Å². The zero-order valence-corrected chi connectivity index (χ0v) is 18.7. The number of para-hydroxylation sites is 2. The number of amides is 1. The molecule has 1 aliphatic heterocycles. The van der Waals surface area contributed by atoms with Gasteiger partial charge in [0.15, 0.2) is 0 Å². The number of aryl methyl sites for hydroxylation is 1. The molecule has 0 bridgehead atoms. The topological polar surface area (TPSA) is 56.2 Å². The first-order chi connectivity index (χ1) is 15.6. The van der Waals surface area contributed by atoms with E-state index in [1.807, 2.05) is 91.5 Å². The van der Waals surface area contributed by atoms with Crippen LogP contribution in [0, 0.1) is 6.92 Å². The lowest BCUT2D eigenvalue weighted by Gasteiger charge is -2.17. The van der Waals surface area contributed by atoms with Crippen LogP contribution >= 0.6 is 11.8 Å². The molecule has 0 saturated heterocycles. The summed E-state index contributed by atoms with van der Waals surface area (Å²) in [6, 6.07) is 25.8. The first kappa shape index (κ1) is 20.4. The monoisotopic (exact) mass is 441 g/mol.